The maximum atomic E-state index is 12.7. The van der Waals surface area contributed by atoms with Gasteiger partial charge in [0.1, 0.15) is 31.3 Å². The van der Waals surface area contributed by atoms with E-state index in [0.717, 1.165) is 7.11 Å². The van der Waals surface area contributed by atoms with Gasteiger partial charge in [-0.05, 0) is 30.5 Å². The van der Waals surface area contributed by atoms with Gasteiger partial charge < -0.3 is 41.6 Å². The fourth-order valence-corrected chi connectivity index (χ4v) is 2.90. The molecule has 0 saturated heterocycles. The Morgan fingerprint density at radius 2 is 1.57 bits per heavy atom. The lowest BCUT2D eigenvalue weighted by molar-refractivity contribution is -0.149. The summed E-state index contributed by atoms with van der Waals surface area (Å²) >= 11 is 0. The first-order valence-corrected chi connectivity index (χ1v) is 11.3. The molecule has 0 aromatic heterocycles. The van der Waals surface area contributed by atoms with Crippen molar-refractivity contribution in [2.45, 2.75) is 51.9 Å². The van der Waals surface area contributed by atoms with Crippen molar-refractivity contribution in [3.8, 4) is 0 Å². The maximum Gasteiger partial charge on any atom is 0.407 e. The summed E-state index contributed by atoms with van der Waals surface area (Å²) in [5.41, 5.74) is 6.85. The number of hydrogen-bond acceptors (Lipinski definition) is 9. The number of rotatable bonds is 13. The number of hydrogen-bond donors (Lipinski definition) is 6. The van der Waals surface area contributed by atoms with E-state index < -0.39 is 72.8 Å². The molecule has 0 spiro atoms. The van der Waals surface area contributed by atoms with Crippen LogP contribution in [-0.2, 0) is 40.1 Å². The minimum atomic E-state index is -1.44. The van der Waals surface area contributed by atoms with Gasteiger partial charge in [0, 0.05) is 5.69 Å². The molecule has 1 rings (SSSR count). The number of nitrogens with one attached hydrogen (secondary N) is 4. The molecular formula is C23H33N5O9. The number of benzene rings is 1. The van der Waals surface area contributed by atoms with Crippen molar-refractivity contribution in [1.29, 1.82) is 0 Å². The number of anilines is 1. The van der Waals surface area contributed by atoms with E-state index >= 15 is 0 Å². The van der Waals surface area contributed by atoms with Crippen LogP contribution >= 0.6 is 0 Å². The van der Waals surface area contributed by atoms with E-state index in [1.54, 1.807) is 38.1 Å². The SMILES string of the molecule is COC(=O)[C@H](CC(=O)O)NC(=O)[C@H](C)NC(=O)[C@@H](NC(=O)CNC(=O)OCc1ccc(N)cc1)C(C)C. The van der Waals surface area contributed by atoms with E-state index in [0.29, 0.717) is 11.3 Å². The van der Waals surface area contributed by atoms with E-state index in [2.05, 4.69) is 26.0 Å². The molecule has 1 aromatic carbocycles. The van der Waals surface area contributed by atoms with E-state index in [9.17, 15) is 28.8 Å². The van der Waals surface area contributed by atoms with Crippen LogP contribution in [0.2, 0.25) is 0 Å². The molecule has 0 radical (unpaired) electrons. The molecule has 4 amide bonds. The quantitative estimate of drug-likeness (QED) is 0.141. The van der Waals surface area contributed by atoms with E-state index in [1.165, 1.54) is 6.92 Å². The summed E-state index contributed by atoms with van der Waals surface area (Å²) in [6.45, 7) is 4.13. The van der Waals surface area contributed by atoms with Crippen molar-refractivity contribution >= 4 is 41.4 Å². The number of esters is 1. The summed E-state index contributed by atoms with van der Waals surface area (Å²) in [6.07, 6.45) is -1.55. The molecule has 0 aliphatic heterocycles. The van der Waals surface area contributed by atoms with Crippen LogP contribution in [0.4, 0.5) is 10.5 Å². The van der Waals surface area contributed by atoms with Gasteiger partial charge in [-0.1, -0.05) is 26.0 Å². The third-order valence-corrected chi connectivity index (χ3v) is 4.94. The smallest absolute Gasteiger partial charge is 0.407 e. The number of carboxylic acid groups (broad SMARTS) is 1. The van der Waals surface area contributed by atoms with Crippen LogP contribution in [-0.4, -0.2) is 72.6 Å². The second kappa shape index (κ2) is 14.9. The van der Waals surface area contributed by atoms with Crippen LogP contribution in [0, 0.1) is 5.92 Å². The van der Waals surface area contributed by atoms with Crippen molar-refractivity contribution in [3.05, 3.63) is 29.8 Å². The summed E-state index contributed by atoms with van der Waals surface area (Å²) in [4.78, 5) is 71.9. The number of ether oxygens (including phenoxy) is 2. The fourth-order valence-electron chi connectivity index (χ4n) is 2.90. The van der Waals surface area contributed by atoms with E-state index in [4.69, 9.17) is 15.6 Å². The molecule has 204 valence electrons. The Balaban J connectivity index is 2.59. The number of carbonyl (C=O) groups excluding carboxylic acids is 5. The highest BCUT2D eigenvalue weighted by Gasteiger charge is 2.30. The number of amides is 4. The largest absolute Gasteiger partial charge is 0.481 e. The summed E-state index contributed by atoms with van der Waals surface area (Å²) < 4.78 is 9.49. The molecule has 3 atom stereocenters. The lowest BCUT2D eigenvalue weighted by atomic mass is 10.0. The third kappa shape index (κ3) is 11.3. The van der Waals surface area contributed by atoms with Crippen LogP contribution in [0.1, 0.15) is 32.8 Å². The fraction of sp³-hybridized carbons (Fsp3) is 0.478. The zero-order valence-corrected chi connectivity index (χ0v) is 21.0. The molecule has 0 saturated carbocycles. The molecule has 0 bridgehead atoms. The van der Waals surface area contributed by atoms with Gasteiger partial charge >= 0.3 is 18.0 Å². The van der Waals surface area contributed by atoms with Crippen LogP contribution in [0.25, 0.3) is 0 Å². The zero-order chi connectivity index (χ0) is 28.1. The number of carbonyl (C=O) groups is 6. The molecule has 1 aromatic rings. The predicted molar refractivity (Wildman–Crippen MR) is 130 cm³/mol. The molecule has 0 unspecified atom stereocenters. The van der Waals surface area contributed by atoms with Crippen LogP contribution in [0.5, 0.6) is 0 Å². The van der Waals surface area contributed by atoms with Gasteiger partial charge in [-0.2, -0.15) is 0 Å². The molecule has 0 fully saturated rings. The van der Waals surface area contributed by atoms with Gasteiger partial charge in [0.2, 0.25) is 17.7 Å². The first-order chi connectivity index (χ1) is 17.3. The van der Waals surface area contributed by atoms with Gasteiger partial charge in [-0.15, -0.1) is 0 Å². The Labute approximate surface area is 213 Å². The highest BCUT2D eigenvalue weighted by atomic mass is 16.5. The molecular weight excluding hydrogens is 490 g/mol. The standard InChI is InChI=1S/C23H33N5O9/c1-12(2)19(21(33)26-13(3)20(32)27-16(9-18(30)31)22(34)36-4)28-17(29)10-25-23(35)37-11-14-5-7-15(24)8-6-14/h5-8,12-13,16,19H,9-11,24H2,1-4H3,(H,25,35)(H,26,33)(H,27,32)(H,28,29)(H,30,31)/t13-,16-,19-/m0/s1. The molecule has 14 heteroatoms. The summed E-state index contributed by atoms with van der Waals surface area (Å²) in [7, 11) is 1.04. The Kier molecular flexibility index (Phi) is 12.4. The molecule has 37 heavy (non-hydrogen) atoms. The molecule has 0 aliphatic rings. The van der Waals surface area contributed by atoms with Crippen molar-refractivity contribution in [2.75, 3.05) is 19.4 Å². The Morgan fingerprint density at radius 3 is 2.11 bits per heavy atom. The van der Waals surface area contributed by atoms with Crippen molar-refractivity contribution in [1.82, 2.24) is 21.3 Å². The summed E-state index contributed by atoms with van der Waals surface area (Å²) in [6, 6.07) is 2.99. The topological polar surface area (TPSA) is 215 Å². The Hall–Kier alpha value is -4.36. The molecule has 0 aliphatic carbocycles. The maximum absolute atomic E-state index is 12.7. The minimum absolute atomic E-state index is 0.0337. The average Bonchev–Trinajstić information content (AvgIpc) is 2.83. The Bertz CT molecular complexity index is 981. The number of methoxy groups -OCH3 is 1. The summed E-state index contributed by atoms with van der Waals surface area (Å²) in [5, 5.41) is 18.3. The lowest BCUT2D eigenvalue weighted by Crippen LogP contribution is -2.57. The number of alkyl carbamates (subject to hydrolysis) is 1. The number of nitrogens with two attached hydrogens (primary N) is 1. The van der Waals surface area contributed by atoms with Gasteiger partial charge in [-0.25, -0.2) is 9.59 Å². The minimum Gasteiger partial charge on any atom is -0.481 e. The predicted octanol–water partition coefficient (Wildman–Crippen LogP) is -0.727. The molecule has 0 heterocycles. The van der Waals surface area contributed by atoms with Crippen molar-refractivity contribution in [2.24, 2.45) is 5.92 Å². The van der Waals surface area contributed by atoms with Crippen LogP contribution in [0.15, 0.2) is 24.3 Å². The van der Waals surface area contributed by atoms with Gasteiger partial charge in [0.25, 0.3) is 0 Å². The normalized spacial score (nSPS) is 12.9. The number of nitrogen functional groups attached to an aromatic ring is 1. The second-order valence-electron chi connectivity index (χ2n) is 8.37. The monoisotopic (exact) mass is 523 g/mol. The molecule has 14 nitrogen and oxygen atoms in total. The van der Waals surface area contributed by atoms with Gasteiger partial charge in [-0.3, -0.25) is 19.2 Å². The molecule has 7 N–H and O–H groups in total. The highest BCUT2D eigenvalue weighted by molar-refractivity contribution is 5.94. The van der Waals surface area contributed by atoms with Gasteiger partial charge in [0.15, 0.2) is 0 Å². The highest BCUT2D eigenvalue weighted by Crippen LogP contribution is 2.07. The number of carboxylic acids is 1. The average molecular weight is 524 g/mol. The number of aliphatic carboxylic acids is 1. The Morgan fingerprint density at radius 1 is 0.946 bits per heavy atom. The lowest BCUT2D eigenvalue weighted by Gasteiger charge is -2.24. The van der Waals surface area contributed by atoms with Crippen LogP contribution < -0.4 is 27.0 Å². The zero-order valence-electron chi connectivity index (χ0n) is 21.0. The second-order valence-corrected chi connectivity index (χ2v) is 8.37. The van der Waals surface area contributed by atoms with E-state index in [1.807, 2.05) is 0 Å². The van der Waals surface area contributed by atoms with Crippen LogP contribution in [0.3, 0.4) is 0 Å². The van der Waals surface area contributed by atoms with Crippen molar-refractivity contribution < 1.29 is 43.3 Å². The first-order valence-electron chi connectivity index (χ1n) is 11.3. The third-order valence-electron chi connectivity index (χ3n) is 4.94. The van der Waals surface area contributed by atoms with Gasteiger partial charge in [0.05, 0.1) is 13.5 Å². The van der Waals surface area contributed by atoms with Crippen molar-refractivity contribution in [3.63, 3.8) is 0 Å². The summed E-state index contributed by atoms with van der Waals surface area (Å²) in [5.74, 6) is -4.90. The first kappa shape index (κ1) is 30.7. The van der Waals surface area contributed by atoms with E-state index in [-0.39, 0.29) is 6.61 Å².